The van der Waals surface area contributed by atoms with Crippen molar-refractivity contribution in [3.63, 3.8) is 0 Å². The summed E-state index contributed by atoms with van der Waals surface area (Å²) in [5, 5.41) is 4.07. The Balaban J connectivity index is 1.69. The van der Waals surface area contributed by atoms with Crippen LogP contribution in [0.15, 0.2) is 62.7 Å². The molecule has 0 aliphatic carbocycles. The third-order valence-electron chi connectivity index (χ3n) is 5.34. The van der Waals surface area contributed by atoms with Crippen molar-refractivity contribution >= 4 is 22.6 Å². The van der Waals surface area contributed by atoms with Crippen LogP contribution in [0, 0.1) is 13.8 Å². The molecule has 172 valence electrons. The van der Waals surface area contributed by atoms with E-state index in [2.05, 4.69) is 5.10 Å². The summed E-state index contributed by atoms with van der Waals surface area (Å²) in [5.74, 6) is 0.566. The molecule has 0 saturated carbocycles. The van der Waals surface area contributed by atoms with Gasteiger partial charge in [-0.25, -0.2) is 14.5 Å². The first-order valence-corrected chi connectivity index (χ1v) is 11.1. The number of aryl methyl sites for hydroxylation is 3. The first kappa shape index (κ1) is 22.4. The monoisotopic (exact) mass is 448 g/mol. The minimum Gasteiger partial charge on any atom is -0.466 e. The third kappa shape index (κ3) is 5.34. The van der Waals surface area contributed by atoms with Crippen LogP contribution in [0.4, 0.5) is 5.69 Å². The van der Waals surface area contributed by atoms with E-state index in [9.17, 15) is 9.59 Å². The van der Waals surface area contributed by atoms with Gasteiger partial charge in [0.2, 0.25) is 5.62 Å². The van der Waals surface area contributed by atoms with Gasteiger partial charge in [-0.05, 0) is 57.0 Å². The van der Waals surface area contributed by atoms with Gasteiger partial charge in [0.25, 0.3) is 0 Å². The Morgan fingerprint density at radius 2 is 1.91 bits per heavy atom. The molecule has 2 aromatic heterocycles. The predicted octanol–water partition coefficient (Wildman–Crippen LogP) is 3.96. The number of benzene rings is 2. The van der Waals surface area contributed by atoms with Gasteiger partial charge in [0.15, 0.2) is 0 Å². The Morgan fingerprint density at radius 1 is 1.12 bits per heavy atom. The molecule has 0 amide bonds. The number of H-pyrrole nitrogens is 1. The molecule has 8 heteroatoms. The average molecular weight is 449 g/mol. The highest BCUT2D eigenvalue weighted by atomic mass is 16.5. The zero-order valence-corrected chi connectivity index (χ0v) is 19.1. The van der Waals surface area contributed by atoms with Crippen molar-refractivity contribution in [1.29, 1.82) is 0 Å². The molecule has 0 aliphatic rings. The number of nitrogens with one attached hydrogen (secondary N) is 1. The van der Waals surface area contributed by atoms with E-state index < -0.39 is 0 Å². The lowest BCUT2D eigenvalue weighted by Gasteiger charge is -2.03. The Hall–Kier alpha value is -3.81. The lowest BCUT2D eigenvalue weighted by Crippen LogP contribution is -2.30. The molecule has 0 aliphatic heterocycles. The maximum Gasteiger partial charge on any atom is 0.345 e. The van der Waals surface area contributed by atoms with Crippen molar-refractivity contribution in [2.24, 2.45) is 4.99 Å². The van der Waals surface area contributed by atoms with Gasteiger partial charge in [0, 0.05) is 18.4 Å². The van der Waals surface area contributed by atoms with Gasteiger partial charge in [-0.15, -0.1) is 0 Å². The smallest absolute Gasteiger partial charge is 0.345 e. The SMILES string of the molecule is CCOC(=O)CCCn1[nH]/c(=N\c2ccc3oc(C)cc3c2)n(Cc2ccc(C)cc2)c1=O. The van der Waals surface area contributed by atoms with E-state index in [0.29, 0.717) is 37.4 Å². The number of aromatic amines is 1. The first-order chi connectivity index (χ1) is 15.9. The topological polar surface area (TPSA) is 94.5 Å². The van der Waals surface area contributed by atoms with Crippen LogP contribution in [-0.2, 0) is 22.6 Å². The summed E-state index contributed by atoms with van der Waals surface area (Å²) in [6, 6.07) is 15.7. The van der Waals surface area contributed by atoms with Gasteiger partial charge in [-0.1, -0.05) is 29.8 Å². The number of carbonyl (C=O) groups excluding carboxylic acids is 1. The number of hydrogen-bond donors (Lipinski definition) is 1. The Kier molecular flexibility index (Phi) is 6.63. The van der Waals surface area contributed by atoms with Crippen LogP contribution in [0.25, 0.3) is 11.0 Å². The highest BCUT2D eigenvalue weighted by Crippen LogP contribution is 2.23. The quantitative estimate of drug-likeness (QED) is 0.413. The van der Waals surface area contributed by atoms with Crippen LogP contribution < -0.4 is 11.3 Å². The fourth-order valence-corrected chi connectivity index (χ4v) is 3.69. The summed E-state index contributed by atoms with van der Waals surface area (Å²) < 4.78 is 13.7. The van der Waals surface area contributed by atoms with Crippen molar-refractivity contribution in [3.8, 4) is 0 Å². The molecule has 1 N–H and O–H groups in total. The summed E-state index contributed by atoms with van der Waals surface area (Å²) in [6.07, 6.45) is 0.740. The number of rotatable bonds is 8. The van der Waals surface area contributed by atoms with Crippen LogP contribution in [0.5, 0.6) is 0 Å². The van der Waals surface area contributed by atoms with Crippen LogP contribution in [0.3, 0.4) is 0 Å². The van der Waals surface area contributed by atoms with Crippen LogP contribution in [0.1, 0.15) is 36.7 Å². The number of fused-ring (bicyclic) bond motifs is 1. The van der Waals surface area contributed by atoms with Crippen molar-refractivity contribution in [1.82, 2.24) is 14.3 Å². The summed E-state index contributed by atoms with van der Waals surface area (Å²) in [7, 11) is 0. The van der Waals surface area contributed by atoms with Crippen molar-refractivity contribution in [3.05, 3.63) is 81.5 Å². The second-order valence-corrected chi connectivity index (χ2v) is 8.04. The Labute approximate surface area is 191 Å². The normalized spacial score (nSPS) is 11.9. The number of carbonyl (C=O) groups is 1. The number of furan rings is 1. The van der Waals surface area contributed by atoms with E-state index in [1.165, 1.54) is 4.68 Å². The van der Waals surface area contributed by atoms with E-state index >= 15 is 0 Å². The molecule has 0 unspecified atom stereocenters. The molecule has 0 spiro atoms. The fourth-order valence-electron chi connectivity index (χ4n) is 3.69. The number of nitrogens with zero attached hydrogens (tertiary/aromatic N) is 3. The van der Waals surface area contributed by atoms with E-state index in [4.69, 9.17) is 14.1 Å². The molecule has 0 bridgehead atoms. The largest absolute Gasteiger partial charge is 0.466 e. The van der Waals surface area contributed by atoms with Crippen LogP contribution in [-0.4, -0.2) is 26.9 Å². The molecule has 8 nitrogen and oxygen atoms in total. The number of hydrogen-bond acceptors (Lipinski definition) is 5. The van der Waals surface area contributed by atoms with E-state index in [1.807, 2.05) is 62.4 Å². The van der Waals surface area contributed by atoms with Gasteiger partial charge in [-0.2, -0.15) is 0 Å². The minimum atomic E-state index is -0.266. The molecule has 0 radical (unpaired) electrons. The van der Waals surface area contributed by atoms with Gasteiger partial charge < -0.3 is 9.15 Å². The van der Waals surface area contributed by atoms with Gasteiger partial charge >= 0.3 is 11.7 Å². The van der Waals surface area contributed by atoms with Crippen LogP contribution >= 0.6 is 0 Å². The second kappa shape index (κ2) is 9.77. The third-order valence-corrected chi connectivity index (χ3v) is 5.34. The highest BCUT2D eigenvalue weighted by molar-refractivity contribution is 5.81. The van der Waals surface area contributed by atoms with Crippen molar-refractivity contribution in [2.45, 2.75) is 46.7 Å². The summed E-state index contributed by atoms with van der Waals surface area (Å²) >= 11 is 0. The summed E-state index contributed by atoms with van der Waals surface area (Å²) in [6.45, 7) is 6.80. The van der Waals surface area contributed by atoms with Gasteiger partial charge in [0.1, 0.15) is 11.3 Å². The molecule has 33 heavy (non-hydrogen) atoms. The molecular formula is C25H28N4O4. The number of ether oxygens (including phenoxy) is 1. The van der Waals surface area contributed by atoms with E-state index in [1.54, 1.807) is 11.5 Å². The Bertz CT molecular complexity index is 1390. The standard InChI is InChI=1S/C25H28N4O4/c1-4-32-23(30)6-5-13-29-25(31)28(16-19-9-7-17(2)8-10-19)24(27-29)26-21-11-12-22-20(15-21)14-18(3)33-22/h7-12,14-15H,4-6,13,16H2,1-3H3,(H,26,27). The second-order valence-electron chi connectivity index (χ2n) is 8.04. The molecule has 0 fully saturated rings. The first-order valence-electron chi connectivity index (χ1n) is 11.1. The summed E-state index contributed by atoms with van der Waals surface area (Å²) in [4.78, 5) is 29.6. The molecular weight excluding hydrogens is 420 g/mol. The zero-order chi connectivity index (χ0) is 23.4. The van der Waals surface area contributed by atoms with Crippen molar-refractivity contribution < 1.29 is 13.9 Å². The zero-order valence-electron chi connectivity index (χ0n) is 19.1. The van der Waals surface area contributed by atoms with E-state index in [0.717, 1.165) is 27.9 Å². The molecule has 0 atom stereocenters. The Morgan fingerprint density at radius 3 is 2.67 bits per heavy atom. The molecule has 2 aromatic carbocycles. The molecule has 2 heterocycles. The number of esters is 1. The average Bonchev–Trinajstić information content (AvgIpc) is 3.29. The van der Waals surface area contributed by atoms with Crippen LogP contribution in [0.2, 0.25) is 0 Å². The molecule has 4 aromatic rings. The lowest BCUT2D eigenvalue weighted by molar-refractivity contribution is -0.143. The predicted molar refractivity (Wildman–Crippen MR) is 125 cm³/mol. The highest BCUT2D eigenvalue weighted by Gasteiger charge is 2.11. The van der Waals surface area contributed by atoms with Crippen molar-refractivity contribution in [2.75, 3.05) is 6.61 Å². The minimum absolute atomic E-state index is 0.210. The maximum atomic E-state index is 13.2. The molecule has 4 rings (SSSR count). The molecule has 0 saturated heterocycles. The number of aromatic nitrogens is 3. The lowest BCUT2D eigenvalue weighted by atomic mass is 10.1. The fraction of sp³-hybridized carbons (Fsp3) is 0.320. The summed E-state index contributed by atoms with van der Waals surface area (Å²) in [5.41, 5.74) is 3.89. The van der Waals surface area contributed by atoms with Gasteiger partial charge in [0.05, 0.1) is 18.8 Å². The maximum absolute atomic E-state index is 13.2. The van der Waals surface area contributed by atoms with Gasteiger partial charge in [-0.3, -0.25) is 14.5 Å². The van der Waals surface area contributed by atoms with E-state index in [-0.39, 0.29) is 18.1 Å².